The number of benzene rings is 1. The standard InChI is InChI=1S/C24H32N2O4/c1-4-19(27)26-18-9-11-23(15-20(28)30-3)10-6-13-25-14-12-24(18,22(23)25)16-7-5-8-17(29-2)21(16)26/h5,7-8,18,22H,4,6,9-15H2,1-3H3. The molecule has 1 saturated carbocycles. The van der Waals surface area contributed by atoms with Crippen LogP contribution in [0, 0.1) is 5.41 Å². The largest absolute Gasteiger partial charge is 0.495 e. The summed E-state index contributed by atoms with van der Waals surface area (Å²) in [5.41, 5.74) is 2.00. The van der Waals surface area contributed by atoms with Crippen LogP contribution in [0.4, 0.5) is 5.69 Å². The molecule has 2 saturated heterocycles. The Morgan fingerprint density at radius 3 is 2.73 bits per heavy atom. The molecule has 30 heavy (non-hydrogen) atoms. The molecular formula is C24H32N2O4. The lowest BCUT2D eigenvalue weighted by Gasteiger charge is -2.58. The Kier molecular flexibility index (Phi) is 4.62. The summed E-state index contributed by atoms with van der Waals surface area (Å²) < 4.78 is 10.9. The van der Waals surface area contributed by atoms with Crippen molar-refractivity contribution in [3.63, 3.8) is 0 Å². The summed E-state index contributed by atoms with van der Waals surface area (Å²) in [7, 11) is 3.18. The smallest absolute Gasteiger partial charge is 0.306 e. The molecule has 6 nitrogen and oxygen atoms in total. The molecular weight excluding hydrogens is 380 g/mol. The second-order valence-electron chi connectivity index (χ2n) is 9.48. The fraction of sp³-hybridized carbons (Fsp3) is 0.667. The maximum absolute atomic E-state index is 13.2. The average Bonchev–Trinajstić information content (AvgIpc) is 3.31. The van der Waals surface area contributed by atoms with Gasteiger partial charge in [-0.05, 0) is 62.2 Å². The van der Waals surface area contributed by atoms with Gasteiger partial charge in [0.25, 0.3) is 0 Å². The average molecular weight is 413 g/mol. The number of carbonyl (C=O) groups is 2. The molecule has 0 radical (unpaired) electrons. The minimum Gasteiger partial charge on any atom is -0.495 e. The molecule has 4 unspecified atom stereocenters. The van der Waals surface area contributed by atoms with Crippen LogP contribution in [0.5, 0.6) is 5.75 Å². The van der Waals surface area contributed by atoms with Gasteiger partial charge in [0.15, 0.2) is 0 Å². The lowest BCUT2D eigenvalue weighted by Crippen LogP contribution is -2.65. The van der Waals surface area contributed by atoms with Crippen LogP contribution >= 0.6 is 0 Å². The Balaban J connectivity index is 1.71. The molecule has 3 fully saturated rings. The number of rotatable bonds is 4. The number of anilines is 1. The second kappa shape index (κ2) is 6.98. The number of hydrogen-bond donors (Lipinski definition) is 0. The molecule has 3 heterocycles. The first-order chi connectivity index (χ1) is 14.5. The Morgan fingerprint density at radius 2 is 2.00 bits per heavy atom. The molecule has 1 aromatic carbocycles. The Hall–Kier alpha value is -2.08. The highest BCUT2D eigenvalue weighted by molar-refractivity contribution is 5.99. The van der Waals surface area contributed by atoms with E-state index in [-0.39, 0.29) is 34.8 Å². The molecule has 1 aliphatic carbocycles. The number of nitrogens with zero attached hydrogens (tertiary/aromatic N) is 2. The normalized spacial score (nSPS) is 34.2. The first kappa shape index (κ1) is 19.9. The molecule has 0 bridgehead atoms. The molecule has 0 aromatic heterocycles. The van der Waals surface area contributed by atoms with Crippen LogP contribution in [-0.4, -0.2) is 56.2 Å². The fourth-order valence-corrected chi connectivity index (χ4v) is 7.55. The van der Waals surface area contributed by atoms with Gasteiger partial charge >= 0.3 is 5.97 Å². The molecule has 6 heteroatoms. The summed E-state index contributed by atoms with van der Waals surface area (Å²) >= 11 is 0. The molecule has 3 aliphatic heterocycles. The van der Waals surface area contributed by atoms with Crippen molar-refractivity contribution < 1.29 is 19.1 Å². The van der Waals surface area contributed by atoms with Crippen molar-refractivity contribution in [2.75, 3.05) is 32.2 Å². The number of carbonyl (C=O) groups excluding carboxylic acids is 2. The van der Waals surface area contributed by atoms with Crippen LogP contribution in [-0.2, 0) is 19.7 Å². The Bertz CT molecular complexity index is 886. The van der Waals surface area contributed by atoms with E-state index in [0.29, 0.717) is 12.8 Å². The quantitative estimate of drug-likeness (QED) is 0.711. The summed E-state index contributed by atoms with van der Waals surface area (Å²) in [6.45, 7) is 4.03. The van der Waals surface area contributed by atoms with Gasteiger partial charge in [0.05, 0.1) is 26.3 Å². The highest BCUT2D eigenvalue weighted by Gasteiger charge is 2.69. The molecule has 162 valence electrons. The van der Waals surface area contributed by atoms with Crippen LogP contribution in [0.25, 0.3) is 0 Å². The predicted octanol–water partition coefficient (Wildman–Crippen LogP) is 3.27. The van der Waals surface area contributed by atoms with Crippen molar-refractivity contribution in [2.24, 2.45) is 5.41 Å². The van der Waals surface area contributed by atoms with E-state index in [4.69, 9.17) is 9.47 Å². The number of fused-ring (bicyclic) bond motifs is 1. The summed E-state index contributed by atoms with van der Waals surface area (Å²) in [4.78, 5) is 30.4. The van der Waals surface area contributed by atoms with Crippen molar-refractivity contribution in [3.05, 3.63) is 23.8 Å². The van der Waals surface area contributed by atoms with Crippen LogP contribution in [0.15, 0.2) is 18.2 Å². The topological polar surface area (TPSA) is 59.1 Å². The van der Waals surface area contributed by atoms with Crippen molar-refractivity contribution in [1.82, 2.24) is 4.90 Å². The maximum Gasteiger partial charge on any atom is 0.306 e. The summed E-state index contributed by atoms with van der Waals surface area (Å²) in [6, 6.07) is 6.64. The number of ether oxygens (including phenoxy) is 2. The van der Waals surface area contributed by atoms with E-state index in [1.807, 2.05) is 13.0 Å². The Labute approximate surface area is 178 Å². The third-order valence-electron chi connectivity index (χ3n) is 8.44. The molecule has 4 atom stereocenters. The van der Waals surface area contributed by atoms with Crippen molar-refractivity contribution >= 4 is 17.6 Å². The number of methoxy groups -OCH3 is 2. The molecule has 1 spiro atoms. The fourth-order valence-electron chi connectivity index (χ4n) is 7.55. The van der Waals surface area contributed by atoms with E-state index in [1.54, 1.807) is 7.11 Å². The van der Waals surface area contributed by atoms with E-state index in [0.717, 1.165) is 56.6 Å². The predicted molar refractivity (Wildman–Crippen MR) is 114 cm³/mol. The number of hydrogen-bond acceptors (Lipinski definition) is 5. The minimum atomic E-state index is -0.138. The molecule has 1 amide bonds. The van der Waals surface area contributed by atoms with Gasteiger partial charge in [-0.25, -0.2) is 0 Å². The summed E-state index contributed by atoms with van der Waals surface area (Å²) in [6.07, 6.45) is 6.03. The second-order valence-corrected chi connectivity index (χ2v) is 9.48. The van der Waals surface area contributed by atoms with Crippen LogP contribution < -0.4 is 9.64 Å². The van der Waals surface area contributed by atoms with Gasteiger partial charge < -0.3 is 14.4 Å². The number of amides is 1. The number of esters is 1. The van der Waals surface area contributed by atoms with Crippen LogP contribution in [0.2, 0.25) is 0 Å². The van der Waals surface area contributed by atoms with Crippen LogP contribution in [0.3, 0.4) is 0 Å². The first-order valence-corrected chi connectivity index (χ1v) is 11.3. The minimum absolute atomic E-state index is 0.0794. The number of piperidine rings is 1. The van der Waals surface area contributed by atoms with Gasteiger partial charge in [-0.2, -0.15) is 0 Å². The zero-order chi connectivity index (χ0) is 21.1. The van der Waals surface area contributed by atoms with E-state index in [2.05, 4.69) is 21.9 Å². The van der Waals surface area contributed by atoms with E-state index < -0.39 is 0 Å². The highest BCUT2D eigenvalue weighted by atomic mass is 16.5. The van der Waals surface area contributed by atoms with Crippen molar-refractivity contribution in [1.29, 1.82) is 0 Å². The van der Waals surface area contributed by atoms with Crippen molar-refractivity contribution in [3.8, 4) is 5.75 Å². The van der Waals surface area contributed by atoms with Gasteiger partial charge in [0, 0.05) is 23.9 Å². The number of para-hydroxylation sites is 1. The third-order valence-corrected chi connectivity index (χ3v) is 8.44. The molecule has 1 aromatic rings. The van der Waals surface area contributed by atoms with Gasteiger partial charge in [0.1, 0.15) is 5.75 Å². The van der Waals surface area contributed by atoms with E-state index in [9.17, 15) is 9.59 Å². The molecule has 5 rings (SSSR count). The zero-order valence-electron chi connectivity index (χ0n) is 18.3. The molecule has 4 aliphatic rings. The van der Waals surface area contributed by atoms with E-state index in [1.165, 1.54) is 12.7 Å². The van der Waals surface area contributed by atoms with Crippen LogP contribution in [0.1, 0.15) is 57.4 Å². The van der Waals surface area contributed by atoms with Gasteiger partial charge in [-0.1, -0.05) is 19.1 Å². The van der Waals surface area contributed by atoms with Gasteiger partial charge in [-0.3, -0.25) is 14.5 Å². The van der Waals surface area contributed by atoms with Gasteiger partial charge in [-0.15, -0.1) is 0 Å². The Morgan fingerprint density at radius 1 is 1.17 bits per heavy atom. The van der Waals surface area contributed by atoms with Gasteiger partial charge in [0.2, 0.25) is 5.91 Å². The maximum atomic E-state index is 13.2. The zero-order valence-corrected chi connectivity index (χ0v) is 18.3. The lowest BCUT2D eigenvalue weighted by atomic mass is 9.52. The summed E-state index contributed by atoms with van der Waals surface area (Å²) in [5, 5.41) is 0. The first-order valence-electron chi connectivity index (χ1n) is 11.3. The van der Waals surface area contributed by atoms with E-state index >= 15 is 0 Å². The monoisotopic (exact) mass is 412 g/mol. The highest BCUT2D eigenvalue weighted by Crippen LogP contribution is 2.66. The lowest BCUT2D eigenvalue weighted by molar-refractivity contribution is -0.148. The third kappa shape index (κ3) is 2.40. The summed E-state index contributed by atoms with van der Waals surface area (Å²) in [5.74, 6) is 0.839. The van der Waals surface area contributed by atoms with Crippen molar-refractivity contribution in [2.45, 2.75) is 69.4 Å². The molecule has 0 N–H and O–H groups in total. The SMILES string of the molecule is CCC(=O)N1c2c(OC)cccc2C23CCN4CCCC(CC(=O)OC)(CCC12)C43.